The Balaban J connectivity index is 4.06. The average molecular weight is 302 g/mol. The van der Waals surface area contributed by atoms with Crippen LogP contribution in [-0.4, -0.2) is 53.8 Å². The molecule has 0 radical (unpaired) electrons. The molecule has 0 bridgehead atoms. The van der Waals surface area contributed by atoms with Gasteiger partial charge in [-0.3, -0.25) is 9.59 Å². The largest absolute Gasteiger partial charge is 0.405 e. The maximum absolute atomic E-state index is 11.8. The number of hydrogen-bond donors (Lipinski definition) is 3. The highest BCUT2D eigenvalue weighted by molar-refractivity contribution is 7.98. The third-order valence-electron chi connectivity index (χ3n) is 2.13. The van der Waals surface area contributed by atoms with Crippen LogP contribution in [0.25, 0.3) is 0 Å². The van der Waals surface area contributed by atoms with Crippen molar-refractivity contribution in [3.05, 3.63) is 0 Å². The van der Waals surface area contributed by atoms with Crippen LogP contribution in [0.3, 0.4) is 0 Å². The van der Waals surface area contributed by atoms with E-state index in [0.717, 1.165) is 0 Å². The van der Waals surface area contributed by atoms with Gasteiger partial charge in [-0.15, -0.1) is 0 Å². The van der Waals surface area contributed by atoms with Crippen molar-refractivity contribution >= 4 is 23.6 Å². The van der Waals surface area contributed by atoms with Gasteiger partial charge >= 0.3 is 18.0 Å². The van der Waals surface area contributed by atoms with E-state index in [1.807, 2.05) is 6.26 Å². The molecule has 0 rings (SSSR count). The summed E-state index contributed by atoms with van der Waals surface area (Å²) in [4.78, 5) is 22.2. The van der Waals surface area contributed by atoms with Crippen molar-refractivity contribution in [2.45, 2.75) is 25.1 Å². The van der Waals surface area contributed by atoms with Gasteiger partial charge in [0, 0.05) is 6.54 Å². The summed E-state index contributed by atoms with van der Waals surface area (Å²) < 4.78 is 35.4. The van der Waals surface area contributed by atoms with Crippen LogP contribution in [0.2, 0.25) is 0 Å². The number of halogens is 3. The molecule has 0 unspecified atom stereocenters. The van der Waals surface area contributed by atoms with Crippen molar-refractivity contribution in [2.24, 2.45) is 0 Å². The predicted molar refractivity (Wildman–Crippen MR) is 65.7 cm³/mol. The molecule has 0 aliphatic carbocycles. The Kier molecular flexibility index (Phi) is 7.20. The fraction of sp³-hybridized carbons (Fsp3) is 0.800. The zero-order chi connectivity index (χ0) is 15.1. The molecule has 0 heterocycles. The van der Waals surface area contributed by atoms with Crippen molar-refractivity contribution in [2.75, 3.05) is 25.1 Å². The quantitative estimate of drug-likeness (QED) is 0.616. The third-order valence-corrected chi connectivity index (χ3v) is 2.74. The van der Waals surface area contributed by atoms with Gasteiger partial charge in [0.2, 0.25) is 0 Å². The summed E-state index contributed by atoms with van der Waals surface area (Å²) in [6.07, 6.45) is -2.34. The highest BCUT2D eigenvalue weighted by atomic mass is 32.2. The van der Waals surface area contributed by atoms with Gasteiger partial charge in [-0.1, -0.05) is 0 Å². The van der Waals surface area contributed by atoms with E-state index in [-0.39, 0.29) is 6.54 Å². The number of thioether (sulfide) groups is 1. The van der Waals surface area contributed by atoms with Crippen molar-refractivity contribution in [3.63, 3.8) is 0 Å². The summed E-state index contributed by atoms with van der Waals surface area (Å²) in [5, 5.41) is 13.3. The molecule has 3 N–H and O–H groups in total. The molecule has 0 aromatic rings. The van der Waals surface area contributed by atoms with E-state index < -0.39 is 30.1 Å². The number of aliphatic hydroxyl groups is 1. The lowest BCUT2D eigenvalue weighted by Crippen LogP contribution is -2.48. The Labute approximate surface area is 113 Å². The Morgan fingerprint density at radius 2 is 1.63 bits per heavy atom. The highest BCUT2D eigenvalue weighted by Crippen LogP contribution is 2.12. The van der Waals surface area contributed by atoms with Gasteiger partial charge < -0.3 is 15.7 Å². The smallest absolute Gasteiger partial charge is 0.388 e. The molecule has 112 valence electrons. The fourth-order valence-electron chi connectivity index (χ4n) is 1.02. The molecule has 1 atom stereocenters. The van der Waals surface area contributed by atoms with E-state index in [4.69, 9.17) is 0 Å². The van der Waals surface area contributed by atoms with E-state index in [2.05, 4.69) is 5.32 Å². The first kappa shape index (κ1) is 18.0. The SMILES string of the molecule is CSCC[C@@](C)(O)CNC(=O)C(=O)NCC(F)(F)F. The minimum atomic E-state index is -4.57. The Hall–Kier alpha value is -0.960. The van der Waals surface area contributed by atoms with Crippen LogP contribution < -0.4 is 10.6 Å². The molecule has 0 aliphatic rings. The summed E-state index contributed by atoms with van der Waals surface area (Å²) in [7, 11) is 0. The van der Waals surface area contributed by atoms with Gasteiger partial charge in [-0.25, -0.2) is 0 Å². The van der Waals surface area contributed by atoms with Gasteiger partial charge in [0.25, 0.3) is 0 Å². The lowest BCUT2D eigenvalue weighted by molar-refractivity contribution is -0.146. The molecule has 0 saturated heterocycles. The van der Waals surface area contributed by atoms with Crippen LogP contribution in [0, 0.1) is 0 Å². The highest BCUT2D eigenvalue weighted by Gasteiger charge is 2.29. The maximum Gasteiger partial charge on any atom is 0.405 e. The first-order valence-corrected chi connectivity index (χ1v) is 6.81. The fourth-order valence-corrected chi connectivity index (χ4v) is 1.67. The number of alkyl halides is 3. The van der Waals surface area contributed by atoms with Crippen LogP contribution in [0.15, 0.2) is 0 Å². The molecule has 0 aromatic carbocycles. The minimum absolute atomic E-state index is 0.203. The van der Waals surface area contributed by atoms with E-state index in [0.29, 0.717) is 12.2 Å². The Bertz CT molecular complexity index is 322. The van der Waals surface area contributed by atoms with Crippen molar-refractivity contribution in [1.82, 2.24) is 10.6 Å². The van der Waals surface area contributed by atoms with Crippen LogP contribution in [0.4, 0.5) is 13.2 Å². The molecule has 0 aromatic heterocycles. The van der Waals surface area contributed by atoms with Crippen LogP contribution in [-0.2, 0) is 9.59 Å². The summed E-state index contributed by atoms with van der Waals surface area (Å²) >= 11 is 1.50. The molecular formula is C10H17F3N2O3S. The van der Waals surface area contributed by atoms with Gasteiger partial charge in [-0.05, 0) is 25.4 Å². The monoisotopic (exact) mass is 302 g/mol. The second-order valence-electron chi connectivity index (χ2n) is 4.22. The standard InChI is InChI=1S/C10H17F3N2O3S/c1-9(18,3-4-19-2)5-14-7(16)8(17)15-6-10(11,12)13/h18H,3-6H2,1-2H3,(H,14,16)(H,15,17)/t9-/m1/s1. The van der Waals surface area contributed by atoms with Gasteiger partial charge in [0.15, 0.2) is 0 Å². The third kappa shape index (κ3) is 9.60. The van der Waals surface area contributed by atoms with E-state index in [1.54, 1.807) is 0 Å². The van der Waals surface area contributed by atoms with Crippen molar-refractivity contribution < 1.29 is 27.9 Å². The van der Waals surface area contributed by atoms with E-state index in [1.165, 1.54) is 24.0 Å². The maximum atomic E-state index is 11.8. The summed E-state index contributed by atoms with van der Waals surface area (Å²) in [5.41, 5.74) is -1.21. The second kappa shape index (κ2) is 7.59. The summed E-state index contributed by atoms with van der Waals surface area (Å²) in [6.45, 7) is -0.301. The van der Waals surface area contributed by atoms with Crippen molar-refractivity contribution in [3.8, 4) is 0 Å². The van der Waals surface area contributed by atoms with E-state index in [9.17, 15) is 27.9 Å². The van der Waals surface area contributed by atoms with Crippen molar-refractivity contribution in [1.29, 1.82) is 0 Å². The zero-order valence-corrected chi connectivity index (χ0v) is 11.5. The molecule has 5 nitrogen and oxygen atoms in total. The Morgan fingerprint density at radius 1 is 1.16 bits per heavy atom. The molecule has 0 spiro atoms. The minimum Gasteiger partial charge on any atom is -0.388 e. The summed E-state index contributed by atoms with van der Waals surface area (Å²) in [5.74, 6) is -1.92. The number of carbonyl (C=O) groups is 2. The lowest BCUT2D eigenvalue weighted by atomic mass is 10.0. The molecule has 9 heteroatoms. The molecule has 19 heavy (non-hydrogen) atoms. The van der Waals surface area contributed by atoms with E-state index >= 15 is 0 Å². The van der Waals surface area contributed by atoms with Crippen LogP contribution >= 0.6 is 11.8 Å². The lowest BCUT2D eigenvalue weighted by Gasteiger charge is -2.23. The average Bonchev–Trinajstić information content (AvgIpc) is 2.29. The number of hydrogen-bond acceptors (Lipinski definition) is 4. The van der Waals surface area contributed by atoms with Gasteiger partial charge in [-0.2, -0.15) is 24.9 Å². The van der Waals surface area contributed by atoms with Gasteiger partial charge in [0.05, 0.1) is 5.60 Å². The Morgan fingerprint density at radius 3 is 2.05 bits per heavy atom. The first-order chi connectivity index (χ1) is 8.57. The number of rotatable bonds is 6. The zero-order valence-electron chi connectivity index (χ0n) is 10.6. The number of carbonyl (C=O) groups excluding carboxylic acids is 2. The number of nitrogens with one attached hydrogen (secondary N) is 2. The molecular weight excluding hydrogens is 285 g/mol. The predicted octanol–water partition coefficient (Wildman–Crippen LogP) is 0.285. The second-order valence-corrected chi connectivity index (χ2v) is 5.21. The molecule has 0 saturated carbocycles. The normalized spacial score (nSPS) is 14.6. The number of amides is 2. The topological polar surface area (TPSA) is 78.4 Å². The first-order valence-electron chi connectivity index (χ1n) is 5.41. The summed E-state index contributed by atoms with van der Waals surface area (Å²) in [6, 6.07) is 0. The van der Waals surface area contributed by atoms with Crippen LogP contribution in [0.5, 0.6) is 0 Å². The molecule has 2 amide bonds. The van der Waals surface area contributed by atoms with Crippen LogP contribution in [0.1, 0.15) is 13.3 Å². The molecule has 0 aliphatic heterocycles. The van der Waals surface area contributed by atoms with Gasteiger partial charge in [0.1, 0.15) is 6.54 Å². The molecule has 0 fully saturated rings.